The fraction of sp³-hybridized carbons (Fsp3) is 1.00. The molecule has 0 N–H and O–H groups in total. The van der Waals surface area contributed by atoms with Crippen LogP contribution in [0.15, 0.2) is 0 Å². The number of rotatable bonds is 13. The van der Waals surface area contributed by atoms with Gasteiger partial charge in [-0.15, -0.1) is 0 Å². The van der Waals surface area contributed by atoms with Crippen molar-refractivity contribution >= 4 is 21.4 Å². The molecule has 0 spiro atoms. The van der Waals surface area contributed by atoms with Gasteiger partial charge < -0.3 is 0 Å². The summed E-state index contributed by atoms with van der Waals surface area (Å²) in [5.74, 6) is 0. The Labute approximate surface area is 130 Å². The van der Waals surface area contributed by atoms with Crippen molar-refractivity contribution in [3.8, 4) is 0 Å². The first kappa shape index (κ1) is 19.8. The van der Waals surface area contributed by atoms with E-state index >= 15 is 0 Å². The molecule has 114 valence electrons. The number of hydrogen-bond donors (Lipinski definition) is 0. The quantitative estimate of drug-likeness (QED) is 0.483. The summed E-state index contributed by atoms with van der Waals surface area (Å²) < 4.78 is 5.85. The van der Waals surface area contributed by atoms with Gasteiger partial charge in [0.05, 0.1) is 0 Å². The summed E-state index contributed by atoms with van der Waals surface area (Å²) in [5.41, 5.74) is 0. The van der Waals surface area contributed by atoms with Gasteiger partial charge in [0.25, 0.3) is 0 Å². The van der Waals surface area contributed by atoms with Crippen LogP contribution in [-0.4, -0.2) is 71.0 Å². The van der Waals surface area contributed by atoms with Gasteiger partial charge in [-0.3, -0.25) is 0 Å². The zero-order valence-electron chi connectivity index (χ0n) is 14.2. The molecular formula is C16H37InN2. The topological polar surface area (TPSA) is 6.48 Å². The average molecular weight is 372 g/mol. The summed E-state index contributed by atoms with van der Waals surface area (Å²) in [6, 6.07) is 0. The van der Waals surface area contributed by atoms with E-state index in [0.29, 0.717) is 0 Å². The van der Waals surface area contributed by atoms with Gasteiger partial charge in [0, 0.05) is 0 Å². The molecule has 0 fully saturated rings. The van der Waals surface area contributed by atoms with Gasteiger partial charge in [0.15, 0.2) is 0 Å². The van der Waals surface area contributed by atoms with Crippen molar-refractivity contribution in [1.29, 1.82) is 0 Å². The van der Waals surface area contributed by atoms with Crippen LogP contribution in [0.2, 0.25) is 13.0 Å². The summed E-state index contributed by atoms with van der Waals surface area (Å²) in [6.45, 7) is 13.3. The molecule has 0 heterocycles. The zero-order valence-corrected chi connectivity index (χ0v) is 17.5. The van der Waals surface area contributed by atoms with E-state index in [-0.39, 0.29) is 0 Å². The molecule has 2 nitrogen and oxygen atoms in total. The Hall–Kier alpha value is 0.790. The van der Waals surface area contributed by atoms with Crippen LogP contribution < -0.4 is 0 Å². The van der Waals surface area contributed by atoms with Gasteiger partial charge in [-0.05, 0) is 0 Å². The molecule has 0 aliphatic heterocycles. The van der Waals surface area contributed by atoms with Gasteiger partial charge in [-0.1, -0.05) is 0 Å². The van der Waals surface area contributed by atoms with E-state index in [4.69, 9.17) is 0 Å². The normalized spacial score (nSPS) is 11.5. The second-order valence-corrected chi connectivity index (χ2v) is 15.7. The third kappa shape index (κ3) is 12.3. The van der Waals surface area contributed by atoms with E-state index in [0.717, 1.165) is 0 Å². The third-order valence-electron chi connectivity index (χ3n) is 4.00. The van der Waals surface area contributed by atoms with E-state index in [1.54, 1.807) is 8.35 Å². The van der Waals surface area contributed by atoms with Crippen LogP contribution in [0.5, 0.6) is 0 Å². The molecule has 0 aliphatic carbocycles. The van der Waals surface area contributed by atoms with Crippen molar-refractivity contribution in [1.82, 2.24) is 9.80 Å². The molecule has 0 bridgehead atoms. The summed E-state index contributed by atoms with van der Waals surface area (Å²) >= 11 is -1.10. The summed E-state index contributed by atoms with van der Waals surface area (Å²) in [7, 11) is 2.27. The van der Waals surface area contributed by atoms with Crippen molar-refractivity contribution in [2.75, 3.05) is 39.8 Å². The maximum absolute atomic E-state index is 2.64. The van der Waals surface area contributed by atoms with Crippen LogP contribution in [0.1, 0.15) is 46.5 Å². The van der Waals surface area contributed by atoms with Gasteiger partial charge in [0.2, 0.25) is 0 Å². The molecule has 0 radical (unpaired) electrons. The summed E-state index contributed by atoms with van der Waals surface area (Å²) in [6.07, 6.45) is 5.52. The molecule has 0 saturated carbocycles. The first-order chi connectivity index (χ1) is 9.13. The first-order valence-electron chi connectivity index (χ1n) is 8.54. The monoisotopic (exact) mass is 372 g/mol. The Balaban J connectivity index is 3.50. The summed E-state index contributed by atoms with van der Waals surface area (Å²) in [4.78, 5) is 5.12. The molecule has 0 aromatic rings. The minimum atomic E-state index is -1.10. The van der Waals surface area contributed by atoms with Crippen molar-refractivity contribution < 1.29 is 0 Å². The van der Waals surface area contributed by atoms with E-state index in [9.17, 15) is 0 Å². The Morgan fingerprint density at radius 1 is 0.789 bits per heavy atom. The zero-order chi connectivity index (χ0) is 14.5. The van der Waals surface area contributed by atoms with E-state index < -0.39 is 21.4 Å². The SMILES string of the molecule is CCCN(C)CC[CH2][In]([CH3])[CH2]CCN(CC)CCC. The van der Waals surface area contributed by atoms with Crippen LogP contribution in [0.25, 0.3) is 0 Å². The Morgan fingerprint density at radius 3 is 1.89 bits per heavy atom. The molecule has 0 unspecified atom stereocenters. The fourth-order valence-electron chi connectivity index (χ4n) is 2.76. The minimum absolute atomic E-state index is 1.10. The van der Waals surface area contributed by atoms with Gasteiger partial charge in [-0.25, -0.2) is 0 Å². The summed E-state index contributed by atoms with van der Waals surface area (Å²) in [5, 5.41) is 0. The van der Waals surface area contributed by atoms with E-state index in [1.165, 1.54) is 58.4 Å². The van der Waals surface area contributed by atoms with Crippen LogP contribution >= 0.6 is 0 Å². The molecule has 0 aliphatic rings. The fourth-order valence-corrected chi connectivity index (χ4v) is 8.60. The van der Waals surface area contributed by atoms with Crippen LogP contribution in [0.3, 0.4) is 0 Å². The standard InChI is InChI=1S/C8H18N.C7H16N.CH3.In/c1-4-7-9(6-3)8-5-2;1-4-6-8(3)7-5-2;;/h1,4-8H2,2-3H3;1,4-7H2,2-3H3;1H3;. The average Bonchev–Trinajstić information content (AvgIpc) is 2.38. The Bertz CT molecular complexity index is 188. The molecular weight excluding hydrogens is 335 g/mol. The van der Waals surface area contributed by atoms with Crippen LogP contribution in [0.4, 0.5) is 0 Å². The molecule has 0 rings (SSSR count). The number of hydrogen-bond acceptors (Lipinski definition) is 2. The van der Waals surface area contributed by atoms with Crippen molar-refractivity contribution in [2.45, 2.75) is 59.5 Å². The molecule has 0 aromatic carbocycles. The molecule has 0 saturated heterocycles. The predicted molar refractivity (Wildman–Crippen MR) is 90.7 cm³/mol. The van der Waals surface area contributed by atoms with Gasteiger partial charge in [-0.2, -0.15) is 0 Å². The van der Waals surface area contributed by atoms with Gasteiger partial charge >= 0.3 is 130 Å². The predicted octanol–water partition coefficient (Wildman–Crippen LogP) is 3.96. The van der Waals surface area contributed by atoms with Crippen LogP contribution in [-0.2, 0) is 0 Å². The van der Waals surface area contributed by atoms with E-state index in [2.05, 4.69) is 42.3 Å². The molecule has 0 aromatic heterocycles. The molecule has 0 atom stereocenters. The second kappa shape index (κ2) is 13.8. The molecule has 19 heavy (non-hydrogen) atoms. The first-order valence-corrected chi connectivity index (χ1v) is 16.5. The molecule has 0 amide bonds. The van der Waals surface area contributed by atoms with E-state index in [1.807, 2.05) is 0 Å². The van der Waals surface area contributed by atoms with Gasteiger partial charge in [0.1, 0.15) is 0 Å². The van der Waals surface area contributed by atoms with Crippen molar-refractivity contribution in [2.24, 2.45) is 0 Å². The number of nitrogens with zero attached hydrogens (tertiary/aromatic N) is 2. The second-order valence-electron chi connectivity index (χ2n) is 6.13. The Morgan fingerprint density at radius 2 is 1.37 bits per heavy atom. The third-order valence-corrected chi connectivity index (χ3v) is 12.0. The maximum atomic E-state index is 2.64. The van der Waals surface area contributed by atoms with Crippen molar-refractivity contribution in [3.05, 3.63) is 0 Å². The molecule has 3 heteroatoms. The van der Waals surface area contributed by atoms with Crippen LogP contribution in [0, 0.1) is 0 Å². The Kier molecular flexibility index (Phi) is 14.3. The van der Waals surface area contributed by atoms with Crippen molar-refractivity contribution in [3.63, 3.8) is 0 Å².